The summed E-state index contributed by atoms with van der Waals surface area (Å²) >= 11 is 1.39. The quantitative estimate of drug-likeness (QED) is 0.557. The van der Waals surface area contributed by atoms with Crippen LogP contribution in [-0.2, 0) is 19.4 Å². The second kappa shape index (κ2) is 9.66. The van der Waals surface area contributed by atoms with Crippen LogP contribution in [0.3, 0.4) is 0 Å². The van der Waals surface area contributed by atoms with Crippen LogP contribution in [0.15, 0.2) is 41.7 Å². The molecule has 1 saturated carbocycles. The van der Waals surface area contributed by atoms with E-state index in [4.69, 9.17) is 0 Å². The molecule has 32 heavy (non-hydrogen) atoms. The van der Waals surface area contributed by atoms with Gasteiger partial charge in [-0.25, -0.2) is 13.4 Å². The van der Waals surface area contributed by atoms with E-state index < -0.39 is 9.84 Å². The van der Waals surface area contributed by atoms with Gasteiger partial charge in [0, 0.05) is 18.6 Å². The van der Waals surface area contributed by atoms with E-state index in [0.29, 0.717) is 19.0 Å². The van der Waals surface area contributed by atoms with Crippen LogP contribution in [0.1, 0.15) is 32.2 Å². The van der Waals surface area contributed by atoms with E-state index in [1.165, 1.54) is 16.7 Å². The SMILES string of the molecule is CCN(CC(=O)N[C@H]1CCS(=O)(=O)C1)C(=O)CSc1ncc(-c2ccccc2)n1C1CC1. The third kappa shape index (κ3) is 5.53. The Labute approximate surface area is 192 Å². The summed E-state index contributed by atoms with van der Waals surface area (Å²) in [6.45, 7) is 2.16. The Morgan fingerprint density at radius 1 is 1.22 bits per heavy atom. The fraction of sp³-hybridized carbons (Fsp3) is 0.500. The molecule has 0 bridgehead atoms. The van der Waals surface area contributed by atoms with Crippen LogP contribution in [0, 0.1) is 0 Å². The van der Waals surface area contributed by atoms with E-state index in [2.05, 4.69) is 27.0 Å². The van der Waals surface area contributed by atoms with Gasteiger partial charge < -0.3 is 14.8 Å². The van der Waals surface area contributed by atoms with Crippen LogP contribution >= 0.6 is 11.8 Å². The van der Waals surface area contributed by atoms with Crippen molar-refractivity contribution < 1.29 is 18.0 Å². The van der Waals surface area contributed by atoms with E-state index in [-0.39, 0.29) is 41.7 Å². The van der Waals surface area contributed by atoms with Gasteiger partial charge in [0.1, 0.15) is 0 Å². The Morgan fingerprint density at radius 3 is 2.59 bits per heavy atom. The van der Waals surface area contributed by atoms with Crippen molar-refractivity contribution in [3.8, 4) is 11.3 Å². The number of benzene rings is 1. The molecule has 0 unspecified atom stereocenters. The van der Waals surface area contributed by atoms with Crippen LogP contribution in [0.2, 0.25) is 0 Å². The van der Waals surface area contributed by atoms with Crippen LogP contribution in [0.25, 0.3) is 11.3 Å². The molecule has 2 aromatic rings. The molecule has 0 spiro atoms. The largest absolute Gasteiger partial charge is 0.351 e. The van der Waals surface area contributed by atoms with E-state index in [1.54, 1.807) is 0 Å². The Balaban J connectivity index is 1.35. The lowest BCUT2D eigenvalue weighted by atomic mass is 10.2. The molecule has 2 heterocycles. The monoisotopic (exact) mass is 476 g/mol. The smallest absolute Gasteiger partial charge is 0.239 e. The number of hydrogen-bond acceptors (Lipinski definition) is 6. The third-order valence-electron chi connectivity index (χ3n) is 5.74. The van der Waals surface area contributed by atoms with Crippen LogP contribution in [-0.4, -0.2) is 71.1 Å². The second-order valence-electron chi connectivity index (χ2n) is 8.26. The molecule has 1 atom stereocenters. The lowest BCUT2D eigenvalue weighted by molar-refractivity contribution is -0.134. The number of imidazole rings is 1. The van der Waals surface area contributed by atoms with Crippen molar-refractivity contribution in [2.24, 2.45) is 0 Å². The molecule has 0 radical (unpaired) electrons. The lowest BCUT2D eigenvalue weighted by Gasteiger charge is -2.21. The van der Waals surface area contributed by atoms with E-state index in [9.17, 15) is 18.0 Å². The predicted molar refractivity (Wildman–Crippen MR) is 124 cm³/mol. The van der Waals surface area contributed by atoms with Crippen molar-refractivity contribution >= 4 is 33.4 Å². The number of sulfone groups is 1. The van der Waals surface area contributed by atoms with Gasteiger partial charge in [-0.2, -0.15) is 0 Å². The molecule has 172 valence electrons. The molecule has 1 aromatic carbocycles. The maximum absolute atomic E-state index is 12.8. The Morgan fingerprint density at radius 2 is 1.97 bits per heavy atom. The molecule has 1 N–H and O–H groups in total. The summed E-state index contributed by atoms with van der Waals surface area (Å²) < 4.78 is 25.4. The van der Waals surface area contributed by atoms with Crippen molar-refractivity contribution in [2.75, 3.05) is 30.3 Å². The molecule has 1 saturated heterocycles. The van der Waals surface area contributed by atoms with Crippen molar-refractivity contribution in [1.29, 1.82) is 0 Å². The Bertz CT molecular complexity index is 1080. The molecule has 4 rings (SSSR count). The average molecular weight is 477 g/mol. The van der Waals surface area contributed by atoms with Gasteiger partial charge in [-0.05, 0) is 31.7 Å². The van der Waals surface area contributed by atoms with Crippen LogP contribution in [0.4, 0.5) is 0 Å². The third-order valence-corrected chi connectivity index (χ3v) is 8.46. The zero-order valence-electron chi connectivity index (χ0n) is 18.1. The lowest BCUT2D eigenvalue weighted by Crippen LogP contribution is -2.45. The van der Waals surface area contributed by atoms with Crippen LogP contribution in [0.5, 0.6) is 0 Å². The van der Waals surface area contributed by atoms with Crippen LogP contribution < -0.4 is 5.32 Å². The first kappa shape index (κ1) is 22.8. The maximum atomic E-state index is 12.8. The molecular weight excluding hydrogens is 448 g/mol. The zero-order valence-corrected chi connectivity index (χ0v) is 19.7. The molecule has 2 amide bonds. The summed E-state index contributed by atoms with van der Waals surface area (Å²) in [5.74, 6) is -0.195. The number of hydrogen-bond donors (Lipinski definition) is 1. The molecule has 1 aliphatic carbocycles. The zero-order chi connectivity index (χ0) is 22.7. The number of carbonyl (C=O) groups excluding carboxylic acids is 2. The van der Waals surface area contributed by atoms with Gasteiger partial charge in [0.05, 0.1) is 35.7 Å². The molecule has 2 aliphatic rings. The van der Waals surface area contributed by atoms with Crippen molar-refractivity contribution in [3.05, 3.63) is 36.5 Å². The van der Waals surface area contributed by atoms with E-state index >= 15 is 0 Å². The number of thioether (sulfide) groups is 1. The van der Waals surface area contributed by atoms with Crippen molar-refractivity contribution in [3.63, 3.8) is 0 Å². The molecule has 1 aliphatic heterocycles. The summed E-state index contributed by atoms with van der Waals surface area (Å²) in [5.41, 5.74) is 2.16. The first-order chi connectivity index (χ1) is 15.4. The molecule has 10 heteroatoms. The molecular formula is C22H28N4O4S2. The number of rotatable bonds is 9. The minimum Gasteiger partial charge on any atom is -0.351 e. The maximum Gasteiger partial charge on any atom is 0.239 e. The van der Waals surface area contributed by atoms with Gasteiger partial charge >= 0.3 is 0 Å². The van der Waals surface area contributed by atoms with E-state index in [0.717, 1.165) is 29.3 Å². The fourth-order valence-electron chi connectivity index (χ4n) is 3.91. The van der Waals surface area contributed by atoms with E-state index in [1.807, 2.05) is 31.3 Å². The fourth-order valence-corrected chi connectivity index (χ4v) is 6.53. The molecule has 1 aromatic heterocycles. The topological polar surface area (TPSA) is 101 Å². The molecule has 2 fully saturated rings. The highest BCUT2D eigenvalue weighted by molar-refractivity contribution is 7.99. The highest BCUT2D eigenvalue weighted by Gasteiger charge is 2.31. The highest BCUT2D eigenvalue weighted by atomic mass is 32.2. The molecule has 8 nitrogen and oxygen atoms in total. The summed E-state index contributed by atoms with van der Waals surface area (Å²) in [4.78, 5) is 31.2. The standard InChI is InChI=1S/C22H28N4O4S2/c1-2-25(13-20(27)24-17-10-11-32(29,30)15-17)21(28)14-31-22-23-12-19(26(22)18-8-9-18)16-6-4-3-5-7-16/h3-7,12,17-18H,2,8-11,13-15H2,1H3,(H,24,27)/t17-/m0/s1. The first-order valence-electron chi connectivity index (χ1n) is 10.9. The average Bonchev–Trinajstić information content (AvgIpc) is 3.43. The summed E-state index contributed by atoms with van der Waals surface area (Å²) in [6, 6.07) is 10.2. The first-order valence-corrected chi connectivity index (χ1v) is 13.7. The van der Waals surface area contributed by atoms with Gasteiger partial charge in [0.2, 0.25) is 11.8 Å². The number of carbonyl (C=O) groups is 2. The van der Waals surface area contributed by atoms with Gasteiger partial charge in [-0.1, -0.05) is 42.1 Å². The normalized spacial score (nSPS) is 19.6. The van der Waals surface area contributed by atoms with Gasteiger partial charge in [0.25, 0.3) is 0 Å². The van der Waals surface area contributed by atoms with Gasteiger partial charge in [-0.3, -0.25) is 9.59 Å². The highest BCUT2D eigenvalue weighted by Crippen LogP contribution is 2.41. The summed E-state index contributed by atoms with van der Waals surface area (Å²) in [5, 5.41) is 3.56. The second-order valence-corrected chi connectivity index (χ2v) is 11.4. The minimum absolute atomic E-state index is 0.0256. The predicted octanol–water partition coefficient (Wildman–Crippen LogP) is 2.13. The summed E-state index contributed by atoms with van der Waals surface area (Å²) in [7, 11) is -3.06. The number of amides is 2. The Hall–Kier alpha value is -2.33. The van der Waals surface area contributed by atoms with Gasteiger partial charge in [0.15, 0.2) is 15.0 Å². The number of aromatic nitrogens is 2. The van der Waals surface area contributed by atoms with Gasteiger partial charge in [-0.15, -0.1) is 0 Å². The summed E-state index contributed by atoms with van der Waals surface area (Å²) in [6.07, 6.45) is 4.50. The number of nitrogens with one attached hydrogen (secondary N) is 1. The van der Waals surface area contributed by atoms with Crippen molar-refractivity contribution in [1.82, 2.24) is 19.8 Å². The Kier molecular flexibility index (Phi) is 6.90. The number of likely N-dealkylation sites (N-methyl/N-ethyl adjacent to an activating group) is 1. The number of nitrogens with zero attached hydrogens (tertiary/aromatic N) is 3. The van der Waals surface area contributed by atoms with Crippen molar-refractivity contribution in [2.45, 2.75) is 43.4 Å². The minimum atomic E-state index is -3.06.